The molecule has 0 aromatic carbocycles. The van der Waals surface area contributed by atoms with Gasteiger partial charge in [-0.25, -0.2) is 9.97 Å². The highest BCUT2D eigenvalue weighted by Gasteiger charge is 2.30. The Morgan fingerprint density at radius 1 is 1.16 bits per heavy atom. The van der Waals surface area contributed by atoms with Crippen molar-refractivity contribution in [2.75, 3.05) is 31.6 Å². The number of amides is 1. The summed E-state index contributed by atoms with van der Waals surface area (Å²) < 4.78 is 5.34. The molecule has 1 N–H and O–H groups in total. The third-order valence-electron chi connectivity index (χ3n) is 5.19. The number of hydrogen-bond donors (Lipinski definition) is 1. The Labute approximate surface area is 150 Å². The average Bonchev–Trinajstić information content (AvgIpc) is 2.62. The number of morpholine rings is 1. The Balaban J connectivity index is 1.52. The Kier molecular flexibility index (Phi) is 5.57. The zero-order chi connectivity index (χ0) is 17.9. The lowest BCUT2D eigenvalue weighted by atomic mass is 9.85. The van der Waals surface area contributed by atoms with E-state index < -0.39 is 0 Å². The maximum atomic E-state index is 12.6. The highest BCUT2D eigenvalue weighted by molar-refractivity contribution is 5.79. The molecule has 2 heterocycles. The number of ether oxygens (including phenoxy) is 1. The molecule has 1 amide bonds. The van der Waals surface area contributed by atoms with Crippen molar-refractivity contribution in [3.05, 3.63) is 18.1 Å². The lowest BCUT2D eigenvalue weighted by Gasteiger charge is -2.34. The minimum absolute atomic E-state index is 0.0155. The normalized spacial score (nSPS) is 24.8. The topological polar surface area (TPSA) is 67.4 Å². The minimum atomic E-state index is 0.0155. The summed E-state index contributed by atoms with van der Waals surface area (Å²) >= 11 is 0. The lowest BCUT2D eigenvalue weighted by molar-refractivity contribution is -0.140. The van der Waals surface area contributed by atoms with Crippen LogP contribution in [-0.4, -0.2) is 53.1 Å². The molecule has 0 bridgehead atoms. The van der Waals surface area contributed by atoms with Gasteiger partial charge in [-0.2, -0.15) is 0 Å². The van der Waals surface area contributed by atoms with E-state index in [2.05, 4.69) is 36.1 Å². The molecule has 1 aliphatic carbocycles. The van der Waals surface area contributed by atoms with Crippen LogP contribution in [0.1, 0.15) is 52.1 Å². The molecule has 1 saturated heterocycles. The highest BCUT2D eigenvalue weighted by Crippen LogP contribution is 2.29. The SMILES string of the molecule is CC(C)(C)c1cc(N[C@H]2CC[C@@H](C(=O)N3CCOCC3)CC2)ncn1. The summed E-state index contributed by atoms with van der Waals surface area (Å²) in [6.45, 7) is 9.30. The molecule has 1 aromatic rings. The first-order valence-electron chi connectivity index (χ1n) is 9.39. The standard InChI is InChI=1S/C19H30N4O2/c1-19(2,3)16-12-17(21-13-20-16)22-15-6-4-14(5-7-15)18(24)23-8-10-25-11-9-23/h12-15H,4-11H2,1-3H3,(H,20,21,22)/t14-,15+. The highest BCUT2D eigenvalue weighted by atomic mass is 16.5. The zero-order valence-corrected chi connectivity index (χ0v) is 15.6. The van der Waals surface area contributed by atoms with E-state index in [1.807, 2.05) is 11.0 Å². The van der Waals surface area contributed by atoms with E-state index in [0.29, 0.717) is 25.2 Å². The molecular weight excluding hydrogens is 316 g/mol. The second-order valence-corrected chi connectivity index (χ2v) is 8.17. The van der Waals surface area contributed by atoms with Crippen molar-refractivity contribution in [2.24, 2.45) is 5.92 Å². The molecule has 2 fully saturated rings. The van der Waals surface area contributed by atoms with Gasteiger partial charge in [-0.1, -0.05) is 20.8 Å². The fourth-order valence-corrected chi connectivity index (χ4v) is 3.58. The molecule has 6 heteroatoms. The maximum absolute atomic E-state index is 12.6. The third-order valence-corrected chi connectivity index (χ3v) is 5.19. The summed E-state index contributed by atoms with van der Waals surface area (Å²) in [6, 6.07) is 2.43. The molecule has 25 heavy (non-hydrogen) atoms. The van der Waals surface area contributed by atoms with Crippen LogP contribution in [-0.2, 0) is 14.9 Å². The van der Waals surface area contributed by atoms with Crippen molar-refractivity contribution in [3.8, 4) is 0 Å². The summed E-state index contributed by atoms with van der Waals surface area (Å²) in [5, 5.41) is 3.54. The molecule has 0 radical (unpaired) electrons. The van der Waals surface area contributed by atoms with Gasteiger partial charge in [0.15, 0.2) is 0 Å². The van der Waals surface area contributed by atoms with E-state index >= 15 is 0 Å². The molecule has 1 aromatic heterocycles. The largest absolute Gasteiger partial charge is 0.378 e. The Hall–Kier alpha value is -1.69. The van der Waals surface area contributed by atoms with Crippen LogP contribution < -0.4 is 5.32 Å². The van der Waals surface area contributed by atoms with Gasteiger partial charge in [-0.15, -0.1) is 0 Å². The molecule has 0 atom stereocenters. The predicted molar refractivity (Wildman–Crippen MR) is 97.5 cm³/mol. The van der Waals surface area contributed by atoms with E-state index in [4.69, 9.17) is 4.74 Å². The van der Waals surface area contributed by atoms with E-state index in [-0.39, 0.29) is 11.3 Å². The van der Waals surface area contributed by atoms with Gasteiger partial charge in [0.2, 0.25) is 5.91 Å². The van der Waals surface area contributed by atoms with E-state index in [1.165, 1.54) is 0 Å². The summed E-state index contributed by atoms with van der Waals surface area (Å²) in [6.07, 6.45) is 5.55. The van der Waals surface area contributed by atoms with E-state index in [0.717, 1.165) is 50.3 Å². The van der Waals surface area contributed by atoms with Crippen LogP contribution in [0.25, 0.3) is 0 Å². The maximum Gasteiger partial charge on any atom is 0.225 e. The van der Waals surface area contributed by atoms with Gasteiger partial charge in [0.25, 0.3) is 0 Å². The fraction of sp³-hybridized carbons (Fsp3) is 0.737. The monoisotopic (exact) mass is 346 g/mol. The molecule has 138 valence electrons. The smallest absolute Gasteiger partial charge is 0.225 e. The number of rotatable bonds is 3. The van der Waals surface area contributed by atoms with Crippen LogP contribution in [0.5, 0.6) is 0 Å². The molecule has 6 nitrogen and oxygen atoms in total. The molecule has 0 unspecified atom stereocenters. The molecule has 1 aliphatic heterocycles. The first-order valence-corrected chi connectivity index (χ1v) is 9.39. The van der Waals surface area contributed by atoms with Crippen molar-refractivity contribution in [3.63, 3.8) is 0 Å². The first kappa shape index (κ1) is 18.1. The number of hydrogen-bond acceptors (Lipinski definition) is 5. The van der Waals surface area contributed by atoms with Crippen molar-refractivity contribution >= 4 is 11.7 Å². The van der Waals surface area contributed by atoms with Crippen molar-refractivity contribution in [1.29, 1.82) is 0 Å². The number of carbonyl (C=O) groups is 1. The van der Waals surface area contributed by atoms with Crippen molar-refractivity contribution in [2.45, 2.75) is 57.9 Å². The third kappa shape index (κ3) is 4.69. The van der Waals surface area contributed by atoms with Gasteiger partial charge in [0.05, 0.1) is 18.9 Å². The fourth-order valence-electron chi connectivity index (χ4n) is 3.58. The first-order chi connectivity index (χ1) is 11.9. The second kappa shape index (κ2) is 7.68. The van der Waals surface area contributed by atoms with Gasteiger partial charge in [0, 0.05) is 36.5 Å². The minimum Gasteiger partial charge on any atom is -0.378 e. The van der Waals surface area contributed by atoms with Crippen LogP contribution in [0, 0.1) is 5.92 Å². The number of nitrogens with zero attached hydrogens (tertiary/aromatic N) is 3. The molecule has 2 aliphatic rings. The molecular formula is C19H30N4O2. The molecule has 0 spiro atoms. The lowest BCUT2D eigenvalue weighted by Crippen LogP contribution is -2.45. The van der Waals surface area contributed by atoms with Crippen LogP contribution in [0.3, 0.4) is 0 Å². The van der Waals surface area contributed by atoms with Crippen LogP contribution >= 0.6 is 0 Å². The Morgan fingerprint density at radius 3 is 2.48 bits per heavy atom. The summed E-state index contributed by atoms with van der Waals surface area (Å²) in [7, 11) is 0. The summed E-state index contributed by atoms with van der Waals surface area (Å²) in [4.78, 5) is 23.3. The van der Waals surface area contributed by atoms with Crippen molar-refractivity contribution in [1.82, 2.24) is 14.9 Å². The molecule has 3 rings (SSSR count). The van der Waals surface area contributed by atoms with Gasteiger partial charge >= 0.3 is 0 Å². The predicted octanol–water partition coefficient (Wildman–Crippen LogP) is 2.60. The number of nitrogens with one attached hydrogen (secondary N) is 1. The van der Waals surface area contributed by atoms with Gasteiger partial charge < -0.3 is 15.0 Å². The van der Waals surface area contributed by atoms with Gasteiger partial charge in [-0.3, -0.25) is 4.79 Å². The van der Waals surface area contributed by atoms with Crippen molar-refractivity contribution < 1.29 is 9.53 Å². The van der Waals surface area contributed by atoms with Gasteiger partial charge in [0.1, 0.15) is 12.1 Å². The van der Waals surface area contributed by atoms with Gasteiger partial charge in [-0.05, 0) is 25.7 Å². The van der Waals surface area contributed by atoms with E-state index in [1.54, 1.807) is 6.33 Å². The summed E-state index contributed by atoms with van der Waals surface area (Å²) in [5.41, 5.74) is 1.06. The zero-order valence-electron chi connectivity index (χ0n) is 15.6. The molecule has 1 saturated carbocycles. The Morgan fingerprint density at radius 2 is 1.84 bits per heavy atom. The summed E-state index contributed by atoms with van der Waals surface area (Å²) in [5.74, 6) is 1.38. The number of anilines is 1. The quantitative estimate of drug-likeness (QED) is 0.911. The Bertz CT molecular complexity index is 585. The van der Waals surface area contributed by atoms with E-state index in [9.17, 15) is 4.79 Å². The second-order valence-electron chi connectivity index (χ2n) is 8.17. The van der Waals surface area contributed by atoms with Crippen LogP contribution in [0.4, 0.5) is 5.82 Å². The number of aromatic nitrogens is 2. The average molecular weight is 346 g/mol. The van der Waals surface area contributed by atoms with Crippen LogP contribution in [0.15, 0.2) is 12.4 Å². The number of carbonyl (C=O) groups excluding carboxylic acids is 1. The van der Waals surface area contributed by atoms with Crippen LogP contribution in [0.2, 0.25) is 0 Å².